The fraction of sp³-hybridized carbons (Fsp3) is 0.208. The number of hydrogen-bond acceptors (Lipinski definition) is 4. The minimum atomic E-state index is -3.66. The molecule has 0 unspecified atom stereocenters. The molecule has 31 heavy (non-hydrogen) atoms. The molecule has 3 aromatic rings. The van der Waals surface area contributed by atoms with E-state index in [1.807, 2.05) is 49.4 Å². The van der Waals surface area contributed by atoms with Crippen molar-refractivity contribution in [2.45, 2.75) is 26.5 Å². The molecule has 0 heterocycles. The van der Waals surface area contributed by atoms with Crippen LogP contribution in [0.4, 0.5) is 11.4 Å². The SMILES string of the molecule is Cc1ccc(N([C@H](C)C(=O)Nc2ccc(OCc3ccccc3)cc2)S(C)(=O)=O)cc1. The second-order valence-corrected chi connectivity index (χ2v) is 9.22. The molecule has 1 atom stereocenters. The predicted molar refractivity (Wildman–Crippen MR) is 124 cm³/mol. The number of anilines is 2. The molecule has 6 nitrogen and oxygen atoms in total. The van der Waals surface area contributed by atoms with Gasteiger partial charge in [-0.3, -0.25) is 9.10 Å². The van der Waals surface area contributed by atoms with Crippen molar-refractivity contribution in [3.63, 3.8) is 0 Å². The zero-order valence-corrected chi connectivity index (χ0v) is 18.6. The van der Waals surface area contributed by atoms with Crippen LogP contribution in [0.1, 0.15) is 18.1 Å². The maximum absolute atomic E-state index is 12.8. The summed E-state index contributed by atoms with van der Waals surface area (Å²) in [5.41, 5.74) is 3.07. The van der Waals surface area contributed by atoms with E-state index in [-0.39, 0.29) is 0 Å². The average molecular weight is 439 g/mol. The van der Waals surface area contributed by atoms with Crippen LogP contribution >= 0.6 is 0 Å². The number of sulfonamides is 1. The van der Waals surface area contributed by atoms with Crippen molar-refractivity contribution in [1.82, 2.24) is 0 Å². The van der Waals surface area contributed by atoms with Crippen LogP contribution < -0.4 is 14.4 Å². The number of carbonyl (C=O) groups is 1. The number of amides is 1. The van der Waals surface area contributed by atoms with Gasteiger partial charge in [-0.15, -0.1) is 0 Å². The smallest absolute Gasteiger partial charge is 0.247 e. The summed E-state index contributed by atoms with van der Waals surface area (Å²) in [5, 5.41) is 2.78. The highest BCUT2D eigenvalue weighted by Gasteiger charge is 2.29. The molecular formula is C24H26N2O4S. The van der Waals surface area contributed by atoms with Crippen LogP contribution in [-0.4, -0.2) is 26.6 Å². The Morgan fingerprint density at radius 3 is 2.16 bits per heavy atom. The highest BCUT2D eigenvalue weighted by molar-refractivity contribution is 7.92. The lowest BCUT2D eigenvalue weighted by Crippen LogP contribution is -2.45. The number of ether oxygens (including phenoxy) is 1. The van der Waals surface area contributed by atoms with E-state index in [4.69, 9.17) is 4.74 Å². The summed E-state index contributed by atoms with van der Waals surface area (Å²) in [7, 11) is -3.66. The van der Waals surface area contributed by atoms with E-state index < -0.39 is 22.0 Å². The minimum Gasteiger partial charge on any atom is -0.489 e. The lowest BCUT2D eigenvalue weighted by molar-refractivity contribution is -0.116. The molecule has 3 rings (SSSR count). The van der Waals surface area contributed by atoms with Gasteiger partial charge in [0.2, 0.25) is 15.9 Å². The molecule has 0 saturated heterocycles. The number of nitrogens with one attached hydrogen (secondary N) is 1. The minimum absolute atomic E-state index is 0.427. The van der Waals surface area contributed by atoms with Crippen LogP contribution in [-0.2, 0) is 21.4 Å². The van der Waals surface area contributed by atoms with Crippen molar-refractivity contribution in [2.75, 3.05) is 15.9 Å². The topological polar surface area (TPSA) is 75.7 Å². The van der Waals surface area contributed by atoms with Crippen LogP contribution in [0.15, 0.2) is 78.9 Å². The first-order chi connectivity index (χ1) is 14.7. The zero-order chi connectivity index (χ0) is 22.4. The molecule has 0 saturated carbocycles. The van der Waals surface area contributed by atoms with Gasteiger partial charge in [-0.25, -0.2) is 8.42 Å². The number of nitrogens with zero attached hydrogens (tertiary/aromatic N) is 1. The number of hydrogen-bond donors (Lipinski definition) is 1. The van der Waals surface area contributed by atoms with Crippen molar-refractivity contribution in [1.29, 1.82) is 0 Å². The van der Waals surface area contributed by atoms with Crippen LogP contribution in [0, 0.1) is 6.92 Å². The summed E-state index contributed by atoms with van der Waals surface area (Å²) in [6.45, 7) is 3.93. The molecule has 0 bridgehead atoms. The molecule has 0 aliphatic carbocycles. The zero-order valence-electron chi connectivity index (χ0n) is 17.8. The summed E-state index contributed by atoms with van der Waals surface area (Å²) in [5.74, 6) is 0.247. The van der Waals surface area contributed by atoms with Gasteiger partial charge in [-0.1, -0.05) is 48.0 Å². The standard InChI is InChI=1S/C24H26N2O4S/c1-18-9-13-22(14-10-18)26(31(3,28)29)19(2)24(27)25-21-11-15-23(16-12-21)30-17-20-7-5-4-6-8-20/h4-16,19H,17H2,1-3H3,(H,25,27)/t19-/m1/s1. The largest absolute Gasteiger partial charge is 0.489 e. The number of aryl methyl sites for hydroxylation is 1. The van der Waals surface area contributed by atoms with E-state index in [2.05, 4.69) is 5.32 Å². The summed E-state index contributed by atoms with van der Waals surface area (Å²) in [4.78, 5) is 12.8. The quantitative estimate of drug-likeness (QED) is 0.567. The molecule has 1 amide bonds. The fourth-order valence-corrected chi connectivity index (χ4v) is 4.30. The van der Waals surface area contributed by atoms with Gasteiger partial charge in [0.1, 0.15) is 18.4 Å². The van der Waals surface area contributed by atoms with Gasteiger partial charge in [0.15, 0.2) is 0 Å². The molecule has 0 aliphatic heterocycles. The van der Waals surface area contributed by atoms with E-state index in [0.29, 0.717) is 23.7 Å². The first kappa shape index (κ1) is 22.4. The normalized spacial score (nSPS) is 12.1. The Morgan fingerprint density at radius 1 is 0.968 bits per heavy atom. The highest BCUT2D eigenvalue weighted by atomic mass is 32.2. The van der Waals surface area contributed by atoms with Gasteiger partial charge < -0.3 is 10.1 Å². The van der Waals surface area contributed by atoms with Crippen molar-refractivity contribution in [2.24, 2.45) is 0 Å². The molecule has 0 fully saturated rings. The Hall–Kier alpha value is -3.32. The first-order valence-electron chi connectivity index (χ1n) is 9.88. The van der Waals surface area contributed by atoms with Crippen molar-refractivity contribution >= 4 is 27.3 Å². The van der Waals surface area contributed by atoms with Crippen LogP contribution in [0.5, 0.6) is 5.75 Å². The molecular weight excluding hydrogens is 412 g/mol. The molecule has 0 radical (unpaired) electrons. The highest BCUT2D eigenvalue weighted by Crippen LogP contribution is 2.23. The summed E-state index contributed by atoms with van der Waals surface area (Å²) >= 11 is 0. The van der Waals surface area contributed by atoms with E-state index in [9.17, 15) is 13.2 Å². The Bertz CT molecular complexity index is 1110. The van der Waals surface area contributed by atoms with Gasteiger partial charge in [0.05, 0.1) is 11.9 Å². The third-order valence-electron chi connectivity index (χ3n) is 4.75. The first-order valence-corrected chi connectivity index (χ1v) is 11.7. The average Bonchev–Trinajstić information content (AvgIpc) is 2.74. The van der Waals surface area contributed by atoms with Crippen molar-refractivity contribution in [3.8, 4) is 5.75 Å². The molecule has 1 N–H and O–H groups in total. The monoisotopic (exact) mass is 438 g/mol. The summed E-state index contributed by atoms with van der Waals surface area (Å²) in [6, 6.07) is 22.9. The fourth-order valence-electron chi connectivity index (χ4n) is 3.12. The van der Waals surface area contributed by atoms with Gasteiger partial charge in [0, 0.05) is 5.69 Å². The molecule has 162 valence electrons. The number of rotatable bonds is 8. The van der Waals surface area contributed by atoms with Crippen molar-refractivity contribution in [3.05, 3.63) is 90.0 Å². The Labute approximate surface area is 183 Å². The maximum atomic E-state index is 12.8. The number of benzene rings is 3. The number of carbonyl (C=O) groups excluding carboxylic acids is 1. The second kappa shape index (κ2) is 9.66. The lowest BCUT2D eigenvalue weighted by atomic mass is 10.2. The second-order valence-electron chi connectivity index (χ2n) is 7.36. The van der Waals surface area contributed by atoms with Gasteiger partial charge in [-0.05, 0) is 55.8 Å². The Balaban J connectivity index is 1.67. The van der Waals surface area contributed by atoms with Crippen LogP contribution in [0.2, 0.25) is 0 Å². The Morgan fingerprint density at radius 2 is 1.58 bits per heavy atom. The Kier molecular flexibility index (Phi) is 6.97. The van der Waals surface area contributed by atoms with E-state index in [1.54, 1.807) is 43.3 Å². The predicted octanol–water partition coefficient (Wildman–Crippen LogP) is 4.37. The lowest BCUT2D eigenvalue weighted by Gasteiger charge is -2.28. The summed E-state index contributed by atoms with van der Waals surface area (Å²) in [6.07, 6.45) is 1.09. The van der Waals surface area contributed by atoms with Gasteiger partial charge in [0.25, 0.3) is 0 Å². The molecule has 0 aliphatic rings. The molecule has 0 aromatic heterocycles. The summed E-state index contributed by atoms with van der Waals surface area (Å²) < 4.78 is 31.6. The van der Waals surface area contributed by atoms with E-state index >= 15 is 0 Å². The van der Waals surface area contributed by atoms with E-state index in [1.165, 1.54) is 0 Å². The molecule has 0 spiro atoms. The third-order valence-corrected chi connectivity index (χ3v) is 5.99. The molecule has 7 heteroatoms. The van der Waals surface area contributed by atoms with Gasteiger partial charge in [-0.2, -0.15) is 0 Å². The van der Waals surface area contributed by atoms with Crippen LogP contribution in [0.25, 0.3) is 0 Å². The van der Waals surface area contributed by atoms with Gasteiger partial charge >= 0.3 is 0 Å². The van der Waals surface area contributed by atoms with E-state index in [0.717, 1.165) is 21.7 Å². The van der Waals surface area contributed by atoms with Crippen LogP contribution in [0.3, 0.4) is 0 Å². The maximum Gasteiger partial charge on any atom is 0.247 e. The van der Waals surface area contributed by atoms with Crippen molar-refractivity contribution < 1.29 is 17.9 Å². The molecule has 3 aromatic carbocycles. The third kappa shape index (κ3) is 6.08.